The van der Waals surface area contributed by atoms with Crippen LogP contribution in [-0.2, 0) is 27.1 Å². The van der Waals surface area contributed by atoms with E-state index >= 15 is 0 Å². The molecule has 2 aromatic rings. The van der Waals surface area contributed by atoms with Gasteiger partial charge in [-0.05, 0) is 44.1 Å². The van der Waals surface area contributed by atoms with Gasteiger partial charge in [-0.15, -0.1) is 34.2 Å². The van der Waals surface area contributed by atoms with Gasteiger partial charge >= 0.3 is 0 Å². The molecule has 9 heteroatoms. The first-order valence-electron chi connectivity index (χ1n) is 10.5. The zero-order valence-electron chi connectivity index (χ0n) is 17.7. The van der Waals surface area contributed by atoms with Crippen LogP contribution in [0.2, 0.25) is 0 Å². The Hall–Kier alpha value is -1.65. The van der Waals surface area contributed by atoms with Crippen molar-refractivity contribution in [3.8, 4) is 0 Å². The first-order valence-corrected chi connectivity index (χ1v) is 10.5. The summed E-state index contributed by atoms with van der Waals surface area (Å²) >= 11 is 0. The maximum absolute atomic E-state index is 4.95. The molecule has 1 unspecified atom stereocenters. The van der Waals surface area contributed by atoms with Gasteiger partial charge in [0.25, 0.3) is 0 Å². The predicted molar refractivity (Wildman–Crippen MR) is 124 cm³/mol. The van der Waals surface area contributed by atoms with E-state index in [-0.39, 0.29) is 24.0 Å². The Labute approximate surface area is 190 Å². The summed E-state index contributed by atoms with van der Waals surface area (Å²) < 4.78 is 3.91. The Morgan fingerprint density at radius 1 is 1.21 bits per heavy atom. The molecule has 1 saturated carbocycles. The monoisotopic (exact) mass is 512 g/mol. The van der Waals surface area contributed by atoms with Gasteiger partial charge in [-0.2, -0.15) is 5.10 Å². The van der Waals surface area contributed by atoms with Gasteiger partial charge in [-0.3, -0.25) is 4.68 Å². The van der Waals surface area contributed by atoms with E-state index in [0.29, 0.717) is 18.5 Å². The molecule has 1 atom stereocenters. The molecule has 1 aliphatic carbocycles. The van der Waals surface area contributed by atoms with Crippen LogP contribution in [0, 0.1) is 12.8 Å². The van der Waals surface area contributed by atoms with Gasteiger partial charge < -0.3 is 14.8 Å². The molecule has 2 aromatic heterocycles. The minimum Gasteiger partial charge on any atom is -0.353 e. The smallest absolute Gasteiger partial charge is 0.194 e. The lowest BCUT2D eigenvalue weighted by Gasteiger charge is -2.25. The van der Waals surface area contributed by atoms with Crippen LogP contribution in [0.1, 0.15) is 49.3 Å². The summed E-state index contributed by atoms with van der Waals surface area (Å²) in [5.41, 5.74) is 1.33. The lowest BCUT2D eigenvalue weighted by atomic mass is 10.0. The zero-order chi connectivity index (χ0) is 19.5. The second-order valence-corrected chi connectivity index (χ2v) is 8.32. The van der Waals surface area contributed by atoms with Gasteiger partial charge in [0, 0.05) is 39.4 Å². The highest BCUT2D eigenvalue weighted by molar-refractivity contribution is 14.0. The van der Waals surface area contributed by atoms with Crippen LogP contribution < -0.4 is 5.32 Å². The molecule has 1 N–H and O–H groups in total. The quantitative estimate of drug-likeness (QED) is 0.379. The normalized spacial score (nSPS) is 20.3. The first kappa shape index (κ1) is 22.0. The van der Waals surface area contributed by atoms with Gasteiger partial charge in [-0.25, -0.2) is 4.99 Å². The van der Waals surface area contributed by atoms with Crippen molar-refractivity contribution in [2.24, 2.45) is 25.0 Å². The fraction of sp³-hybridized carbons (Fsp3) is 0.700. The molecule has 0 amide bonds. The van der Waals surface area contributed by atoms with Gasteiger partial charge in [0.15, 0.2) is 11.8 Å². The number of aryl methyl sites for hydroxylation is 2. The van der Waals surface area contributed by atoms with E-state index in [9.17, 15) is 0 Å². The molecule has 2 fully saturated rings. The second-order valence-electron chi connectivity index (χ2n) is 8.32. The molecular formula is C20H33IN8. The van der Waals surface area contributed by atoms with Crippen LogP contribution in [0.25, 0.3) is 0 Å². The molecule has 1 saturated heterocycles. The van der Waals surface area contributed by atoms with E-state index < -0.39 is 0 Å². The fourth-order valence-electron chi connectivity index (χ4n) is 4.33. The summed E-state index contributed by atoms with van der Waals surface area (Å²) in [7, 11) is 3.99. The largest absolute Gasteiger partial charge is 0.353 e. The zero-order valence-corrected chi connectivity index (χ0v) is 20.0. The lowest BCUT2D eigenvalue weighted by Crippen LogP contribution is -2.44. The van der Waals surface area contributed by atoms with Crippen molar-refractivity contribution >= 4 is 29.9 Å². The lowest BCUT2D eigenvalue weighted by molar-refractivity contribution is 0.444. The molecule has 0 aromatic carbocycles. The second kappa shape index (κ2) is 9.90. The summed E-state index contributed by atoms with van der Waals surface area (Å²) in [6.45, 7) is 4.64. The number of hydrogen-bond donors (Lipinski definition) is 1. The van der Waals surface area contributed by atoms with Crippen molar-refractivity contribution < 1.29 is 0 Å². The Morgan fingerprint density at radius 2 is 2.00 bits per heavy atom. The SMILES string of the molecule is Cc1nnc(CN=C(NC2CCCC2)N2CCC(Cc3cnn(C)c3)C2)n1C.I. The molecule has 0 bridgehead atoms. The minimum absolute atomic E-state index is 0. The molecule has 4 rings (SSSR count). The number of aromatic nitrogens is 5. The van der Waals surface area contributed by atoms with E-state index in [1.54, 1.807) is 0 Å². The Morgan fingerprint density at radius 3 is 2.66 bits per heavy atom. The number of likely N-dealkylation sites (tertiary alicyclic amines) is 1. The van der Waals surface area contributed by atoms with Crippen LogP contribution in [0.5, 0.6) is 0 Å². The van der Waals surface area contributed by atoms with Crippen molar-refractivity contribution in [2.75, 3.05) is 13.1 Å². The van der Waals surface area contributed by atoms with Crippen molar-refractivity contribution in [3.63, 3.8) is 0 Å². The van der Waals surface area contributed by atoms with Crippen LogP contribution in [0.15, 0.2) is 17.4 Å². The number of nitrogens with zero attached hydrogens (tertiary/aromatic N) is 7. The van der Waals surface area contributed by atoms with Crippen molar-refractivity contribution in [3.05, 3.63) is 29.6 Å². The number of nitrogens with one attached hydrogen (secondary N) is 1. The topological polar surface area (TPSA) is 76.2 Å². The summed E-state index contributed by atoms with van der Waals surface area (Å²) in [5.74, 6) is 3.53. The van der Waals surface area contributed by atoms with E-state index in [1.807, 2.05) is 36.5 Å². The third-order valence-corrected chi connectivity index (χ3v) is 6.11. The van der Waals surface area contributed by atoms with Crippen molar-refractivity contribution in [2.45, 2.75) is 58.0 Å². The number of aliphatic imine (C=N–C) groups is 1. The van der Waals surface area contributed by atoms with Crippen molar-refractivity contribution in [1.29, 1.82) is 0 Å². The van der Waals surface area contributed by atoms with E-state index in [0.717, 1.165) is 37.1 Å². The summed E-state index contributed by atoms with van der Waals surface area (Å²) in [4.78, 5) is 7.38. The molecule has 29 heavy (non-hydrogen) atoms. The molecular weight excluding hydrogens is 479 g/mol. The number of halogens is 1. The first-order chi connectivity index (χ1) is 13.6. The average molecular weight is 512 g/mol. The maximum atomic E-state index is 4.95. The number of rotatable bonds is 5. The molecule has 3 heterocycles. The number of guanidine groups is 1. The van der Waals surface area contributed by atoms with Crippen LogP contribution in [0.3, 0.4) is 0 Å². The standard InChI is InChI=1S/C20H32N8.HI/c1-15-24-25-19(27(15)3)12-21-20(23-18-6-4-5-7-18)28-9-8-16(14-28)10-17-11-22-26(2)13-17;/h11,13,16,18H,4-10,12,14H2,1-3H3,(H,21,23);1H. The molecule has 2 aliphatic rings. The fourth-order valence-corrected chi connectivity index (χ4v) is 4.33. The van der Waals surface area contributed by atoms with Crippen LogP contribution in [-0.4, -0.2) is 54.5 Å². The van der Waals surface area contributed by atoms with E-state index in [2.05, 4.69) is 31.7 Å². The highest BCUT2D eigenvalue weighted by atomic mass is 127. The molecule has 0 spiro atoms. The van der Waals surface area contributed by atoms with Crippen LogP contribution >= 0.6 is 24.0 Å². The molecule has 0 radical (unpaired) electrons. The van der Waals surface area contributed by atoms with E-state index in [1.165, 1.54) is 37.7 Å². The maximum Gasteiger partial charge on any atom is 0.194 e. The number of hydrogen-bond acceptors (Lipinski definition) is 4. The third kappa shape index (κ3) is 5.49. The molecule has 1 aliphatic heterocycles. The minimum atomic E-state index is 0. The van der Waals surface area contributed by atoms with Crippen molar-refractivity contribution in [1.82, 2.24) is 34.8 Å². The summed E-state index contributed by atoms with van der Waals surface area (Å²) in [6.07, 6.45) is 11.5. The van der Waals surface area contributed by atoms with Crippen LogP contribution in [0.4, 0.5) is 0 Å². The Bertz CT molecular complexity index is 820. The average Bonchev–Trinajstić information content (AvgIpc) is 3.46. The molecule has 160 valence electrons. The predicted octanol–water partition coefficient (Wildman–Crippen LogP) is 2.43. The van der Waals surface area contributed by atoms with Gasteiger partial charge in [0.2, 0.25) is 0 Å². The van der Waals surface area contributed by atoms with Gasteiger partial charge in [0.1, 0.15) is 12.4 Å². The highest BCUT2D eigenvalue weighted by Gasteiger charge is 2.27. The highest BCUT2D eigenvalue weighted by Crippen LogP contribution is 2.23. The third-order valence-electron chi connectivity index (χ3n) is 6.11. The Kier molecular flexibility index (Phi) is 7.53. The molecule has 8 nitrogen and oxygen atoms in total. The summed E-state index contributed by atoms with van der Waals surface area (Å²) in [5, 5.41) is 16.5. The Balaban J connectivity index is 0.00000240. The van der Waals surface area contributed by atoms with Gasteiger partial charge in [-0.1, -0.05) is 12.8 Å². The van der Waals surface area contributed by atoms with E-state index in [4.69, 9.17) is 4.99 Å². The van der Waals surface area contributed by atoms with Gasteiger partial charge in [0.05, 0.1) is 6.20 Å². The summed E-state index contributed by atoms with van der Waals surface area (Å²) in [6, 6.07) is 0.553.